The molecule has 1 aromatic heterocycles. The molecular weight excluding hydrogens is 236 g/mol. The summed E-state index contributed by atoms with van der Waals surface area (Å²) in [6, 6.07) is 3.90. The summed E-state index contributed by atoms with van der Waals surface area (Å²) >= 11 is 1.45. The minimum absolute atomic E-state index is 0.169. The van der Waals surface area contributed by atoms with Crippen LogP contribution in [-0.2, 0) is 11.3 Å². The lowest BCUT2D eigenvalue weighted by Gasteiger charge is -2.24. The fourth-order valence-corrected chi connectivity index (χ4v) is 2.69. The van der Waals surface area contributed by atoms with Crippen molar-refractivity contribution >= 4 is 18.2 Å². The van der Waals surface area contributed by atoms with Crippen molar-refractivity contribution in [2.75, 3.05) is 0 Å². The van der Waals surface area contributed by atoms with Crippen molar-refractivity contribution in [3.8, 4) is 0 Å². The van der Waals surface area contributed by atoms with Gasteiger partial charge in [-0.1, -0.05) is 17.8 Å². The lowest BCUT2D eigenvalue weighted by Crippen LogP contribution is -2.34. The van der Waals surface area contributed by atoms with Crippen LogP contribution in [0, 0.1) is 0 Å². The van der Waals surface area contributed by atoms with Crippen molar-refractivity contribution in [2.24, 2.45) is 5.73 Å². The first kappa shape index (κ1) is 11.9. The molecule has 0 bridgehead atoms. The molecule has 2 rings (SSSR count). The summed E-state index contributed by atoms with van der Waals surface area (Å²) in [7, 11) is 0. The normalized spacial score (nSPS) is 19.6. The summed E-state index contributed by atoms with van der Waals surface area (Å²) in [5.41, 5.74) is 7.92. The zero-order valence-electron chi connectivity index (χ0n) is 9.46. The third kappa shape index (κ3) is 2.59. The van der Waals surface area contributed by atoms with Gasteiger partial charge in [-0.3, -0.25) is 9.78 Å². The molecule has 0 aromatic carbocycles. The molecule has 0 saturated carbocycles. The van der Waals surface area contributed by atoms with E-state index in [1.807, 2.05) is 30.2 Å². The van der Waals surface area contributed by atoms with Gasteiger partial charge in [0, 0.05) is 24.6 Å². The minimum Gasteiger partial charge on any atom is -0.344 e. The number of amides is 1. The Balaban J connectivity index is 2.13. The number of nitrogens with one attached hydrogen (secondary N) is 1. The number of pyridine rings is 1. The number of carbonyl (C=O) groups excluding carboxylic acids is 1. The average molecular weight is 250 g/mol. The second-order valence-corrected chi connectivity index (χ2v) is 4.80. The molecule has 17 heavy (non-hydrogen) atoms. The van der Waals surface area contributed by atoms with Crippen LogP contribution in [-0.4, -0.2) is 21.8 Å². The molecule has 1 unspecified atom stereocenters. The maximum atomic E-state index is 10.5. The van der Waals surface area contributed by atoms with Crippen LogP contribution >= 0.6 is 11.8 Å². The maximum absolute atomic E-state index is 10.5. The molecule has 2 heterocycles. The van der Waals surface area contributed by atoms with Crippen molar-refractivity contribution in [1.29, 1.82) is 0 Å². The van der Waals surface area contributed by atoms with Gasteiger partial charge >= 0.3 is 0 Å². The van der Waals surface area contributed by atoms with E-state index in [1.54, 1.807) is 6.20 Å². The predicted octanol–water partition coefficient (Wildman–Crippen LogP) is 0.808. The van der Waals surface area contributed by atoms with E-state index in [2.05, 4.69) is 10.3 Å². The first-order valence-electron chi connectivity index (χ1n) is 5.21. The van der Waals surface area contributed by atoms with Crippen molar-refractivity contribution in [3.05, 3.63) is 40.8 Å². The van der Waals surface area contributed by atoms with Gasteiger partial charge in [0.2, 0.25) is 6.41 Å². The van der Waals surface area contributed by atoms with Crippen LogP contribution in [0.25, 0.3) is 0 Å². The Morgan fingerprint density at radius 1 is 1.71 bits per heavy atom. The second-order valence-electron chi connectivity index (χ2n) is 3.67. The first-order chi connectivity index (χ1) is 8.22. The average Bonchev–Trinajstić information content (AvgIpc) is 2.59. The van der Waals surface area contributed by atoms with Gasteiger partial charge in [-0.25, -0.2) is 0 Å². The van der Waals surface area contributed by atoms with Crippen molar-refractivity contribution in [1.82, 2.24) is 15.2 Å². The van der Waals surface area contributed by atoms with Gasteiger partial charge < -0.3 is 16.0 Å². The maximum Gasteiger partial charge on any atom is 0.211 e. The highest BCUT2D eigenvalue weighted by Crippen LogP contribution is 2.34. The Bertz CT molecular complexity index is 434. The Hall–Kier alpha value is -1.53. The molecule has 1 atom stereocenters. The number of aromatic nitrogens is 1. The Labute approximate surface area is 104 Å². The summed E-state index contributed by atoms with van der Waals surface area (Å²) in [5.74, 6) is 0. The number of hydrogen-bond donors (Lipinski definition) is 2. The molecule has 1 aliphatic heterocycles. The number of hydrogen-bond acceptors (Lipinski definition) is 5. The SMILES string of the molecule is CC1=C(NC=O)SC(N)N1Cc1cccnc1. The van der Waals surface area contributed by atoms with Crippen molar-refractivity contribution in [3.63, 3.8) is 0 Å². The van der Waals surface area contributed by atoms with E-state index in [4.69, 9.17) is 5.73 Å². The van der Waals surface area contributed by atoms with Gasteiger partial charge in [-0.2, -0.15) is 0 Å². The third-order valence-corrected chi connectivity index (χ3v) is 3.72. The van der Waals surface area contributed by atoms with E-state index in [0.717, 1.165) is 16.3 Å². The standard InChI is InChI=1S/C11H14N4OS/c1-8-10(14-7-16)17-11(12)15(8)6-9-3-2-4-13-5-9/h2-5,7,11H,6,12H2,1H3,(H,14,16). The van der Waals surface area contributed by atoms with Gasteiger partial charge in [-0.05, 0) is 18.6 Å². The van der Waals surface area contributed by atoms with Crippen molar-refractivity contribution in [2.45, 2.75) is 19.0 Å². The molecule has 0 spiro atoms. The van der Waals surface area contributed by atoms with E-state index >= 15 is 0 Å². The largest absolute Gasteiger partial charge is 0.344 e. The third-order valence-electron chi connectivity index (χ3n) is 2.57. The highest BCUT2D eigenvalue weighted by Gasteiger charge is 2.27. The van der Waals surface area contributed by atoms with Crippen LogP contribution in [0.1, 0.15) is 12.5 Å². The highest BCUT2D eigenvalue weighted by atomic mass is 32.2. The molecule has 5 nitrogen and oxygen atoms in total. The molecule has 1 aliphatic rings. The predicted molar refractivity (Wildman–Crippen MR) is 67.2 cm³/mol. The van der Waals surface area contributed by atoms with Gasteiger partial charge in [0.25, 0.3) is 0 Å². The van der Waals surface area contributed by atoms with Gasteiger partial charge in [-0.15, -0.1) is 0 Å². The zero-order valence-corrected chi connectivity index (χ0v) is 10.3. The Morgan fingerprint density at radius 3 is 3.18 bits per heavy atom. The fraction of sp³-hybridized carbons (Fsp3) is 0.273. The first-order valence-corrected chi connectivity index (χ1v) is 6.09. The highest BCUT2D eigenvalue weighted by molar-refractivity contribution is 8.03. The van der Waals surface area contributed by atoms with Crippen LogP contribution in [0.5, 0.6) is 0 Å². The molecule has 0 radical (unpaired) electrons. The Morgan fingerprint density at radius 2 is 2.53 bits per heavy atom. The number of rotatable bonds is 4. The second kappa shape index (κ2) is 5.20. The van der Waals surface area contributed by atoms with Gasteiger partial charge in [0.15, 0.2) is 0 Å². The number of thioether (sulfide) groups is 1. The molecule has 0 fully saturated rings. The van der Waals surface area contributed by atoms with Crippen LogP contribution in [0.4, 0.5) is 0 Å². The molecule has 90 valence electrons. The molecule has 3 N–H and O–H groups in total. The Kier molecular flexibility index (Phi) is 3.65. The van der Waals surface area contributed by atoms with E-state index in [9.17, 15) is 4.79 Å². The van der Waals surface area contributed by atoms with Crippen LogP contribution in [0.3, 0.4) is 0 Å². The van der Waals surface area contributed by atoms with E-state index in [1.165, 1.54) is 11.8 Å². The number of nitrogens with two attached hydrogens (primary N) is 1. The summed E-state index contributed by atoms with van der Waals surface area (Å²) in [6.45, 7) is 2.64. The van der Waals surface area contributed by atoms with Gasteiger partial charge in [0.05, 0.1) is 5.03 Å². The fourth-order valence-electron chi connectivity index (χ4n) is 1.68. The summed E-state index contributed by atoms with van der Waals surface area (Å²) in [4.78, 5) is 16.6. The van der Waals surface area contributed by atoms with Gasteiger partial charge in [0.1, 0.15) is 5.50 Å². The molecule has 1 amide bonds. The lowest BCUT2D eigenvalue weighted by atomic mass is 10.2. The molecule has 6 heteroatoms. The molecule has 0 aliphatic carbocycles. The number of allylic oxidation sites excluding steroid dienone is 1. The van der Waals surface area contributed by atoms with E-state index in [0.29, 0.717) is 13.0 Å². The molecule has 1 aromatic rings. The minimum atomic E-state index is -0.169. The van der Waals surface area contributed by atoms with Crippen LogP contribution in [0.15, 0.2) is 35.3 Å². The molecule has 0 saturated heterocycles. The summed E-state index contributed by atoms with van der Waals surface area (Å²) in [6.07, 6.45) is 4.23. The van der Waals surface area contributed by atoms with E-state index < -0.39 is 0 Å². The van der Waals surface area contributed by atoms with Crippen molar-refractivity contribution < 1.29 is 4.79 Å². The summed E-state index contributed by atoms with van der Waals surface area (Å²) < 4.78 is 0. The smallest absolute Gasteiger partial charge is 0.211 e. The topological polar surface area (TPSA) is 71.2 Å². The van der Waals surface area contributed by atoms with E-state index in [-0.39, 0.29) is 5.50 Å². The monoisotopic (exact) mass is 250 g/mol. The number of nitrogens with zero attached hydrogens (tertiary/aromatic N) is 2. The number of carbonyl (C=O) groups is 1. The zero-order chi connectivity index (χ0) is 12.3. The summed E-state index contributed by atoms with van der Waals surface area (Å²) in [5, 5.41) is 3.48. The molecular formula is C11H14N4OS. The lowest BCUT2D eigenvalue weighted by molar-refractivity contribution is -0.108. The quantitative estimate of drug-likeness (QED) is 0.774. The van der Waals surface area contributed by atoms with Crippen LogP contribution < -0.4 is 11.1 Å². The van der Waals surface area contributed by atoms with Crippen LogP contribution in [0.2, 0.25) is 0 Å².